The van der Waals surface area contributed by atoms with Crippen molar-refractivity contribution >= 4 is 0 Å². The van der Waals surface area contributed by atoms with Crippen LogP contribution in [0.15, 0.2) is 0 Å². The van der Waals surface area contributed by atoms with E-state index in [1.54, 1.807) is 27.7 Å². The summed E-state index contributed by atoms with van der Waals surface area (Å²) in [6.07, 6.45) is -17.4. The molecule has 0 aromatic rings. The molecule has 0 aromatic carbocycles. The summed E-state index contributed by atoms with van der Waals surface area (Å²) in [5.41, 5.74) is -3.84. The van der Waals surface area contributed by atoms with Crippen LogP contribution in [0, 0.1) is 44.8 Å². The van der Waals surface area contributed by atoms with Gasteiger partial charge in [0, 0.05) is 5.92 Å². The molecule has 0 bridgehead atoms. The number of fused-ring (bicyclic) bond motifs is 2. The lowest BCUT2D eigenvalue weighted by atomic mass is 9.41. The fourth-order valence-electron chi connectivity index (χ4n) is 16.0. The average molecular weight is 963 g/mol. The van der Waals surface area contributed by atoms with Crippen LogP contribution in [0.25, 0.3) is 0 Å². The van der Waals surface area contributed by atoms with Crippen LogP contribution < -0.4 is 0 Å². The Balaban J connectivity index is 0.955. The van der Waals surface area contributed by atoms with Crippen molar-refractivity contribution in [3.63, 3.8) is 0 Å². The first kappa shape index (κ1) is 52.6. The van der Waals surface area contributed by atoms with E-state index < -0.39 is 152 Å². The van der Waals surface area contributed by atoms with Crippen molar-refractivity contribution in [2.45, 2.75) is 241 Å². The summed E-state index contributed by atoms with van der Waals surface area (Å²) < 4.78 is 36.1. The number of hydrogen-bond acceptors (Lipinski definition) is 19. The second-order valence-corrected chi connectivity index (χ2v) is 24.1. The number of aliphatic hydroxyl groups is 13. The number of rotatable bonds is 13. The first-order valence-corrected chi connectivity index (χ1v) is 24.8. The monoisotopic (exact) mass is 963 g/mol. The van der Waals surface area contributed by atoms with Gasteiger partial charge in [-0.3, -0.25) is 0 Å². The maximum absolute atomic E-state index is 12.4. The molecule has 19 nitrogen and oxygen atoms in total. The van der Waals surface area contributed by atoms with Crippen LogP contribution >= 0.6 is 0 Å². The summed E-state index contributed by atoms with van der Waals surface area (Å²) >= 11 is 0. The van der Waals surface area contributed by atoms with Crippen molar-refractivity contribution in [3.8, 4) is 0 Å². The molecule has 3 aliphatic heterocycles. The van der Waals surface area contributed by atoms with E-state index in [2.05, 4.69) is 27.7 Å². The molecule has 13 N–H and O–H groups in total. The number of ether oxygens (including phenoxy) is 6. The largest absolute Gasteiger partial charge is 0.394 e. The van der Waals surface area contributed by atoms with Gasteiger partial charge >= 0.3 is 0 Å². The molecule has 5 aliphatic carbocycles. The van der Waals surface area contributed by atoms with Gasteiger partial charge in [0.2, 0.25) is 0 Å². The quantitative estimate of drug-likeness (QED) is 0.0977. The van der Waals surface area contributed by atoms with E-state index in [9.17, 15) is 66.4 Å². The van der Waals surface area contributed by atoms with Crippen molar-refractivity contribution in [1.29, 1.82) is 0 Å². The Kier molecular flexibility index (Phi) is 14.1. The molecule has 3 heterocycles. The first-order valence-electron chi connectivity index (χ1n) is 24.8. The maximum Gasteiger partial charge on any atom is 0.187 e. The van der Waals surface area contributed by atoms with Gasteiger partial charge in [-0.2, -0.15) is 0 Å². The van der Waals surface area contributed by atoms with Crippen molar-refractivity contribution in [2.75, 3.05) is 13.2 Å². The van der Waals surface area contributed by atoms with Crippen molar-refractivity contribution in [1.82, 2.24) is 0 Å². The van der Waals surface area contributed by atoms with Crippen molar-refractivity contribution in [2.24, 2.45) is 44.8 Å². The summed E-state index contributed by atoms with van der Waals surface area (Å²) in [7, 11) is 0. The van der Waals surface area contributed by atoms with E-state index in [0.717, 1.165) is 38.5 Å². The van der Waals surface area contributed by atoms with Crippen molar-refractivity contribution in [3.05, 3.63) is 0 Å². The number of aliphatic hydroxyl groups excluding tert-OH is 12. The topological polar surface area (TPSA) is 318 Å². The molecular weight excluding hydrogens is 881 g/mol. The zero-order valence-electron chi connectivity index (χ0n) is 40.4. The molecule has 0 amide bonds. The SMILES string of the molecule is CC1OC(OC(C)(C)C(O)CCC(C)(O)C2C(O)CC3(C)C4CCC5C(C)(C)C(OC6OC(CO)C(O)C(O)C6OC6OC(CO)C(O)C(O)C6O)CCC56CC46CCC23C)C(O)C(O)C1O. The Labute approximate surface area is 393 Å². The Morgan fingerprint density at radius 1 is 0.627 bits per heavy atom. The molecular formula is C48H82O19. The third kappa shape index (κ3) is 8.12. The van der Waals surface area contributed by atoms with Gasteiger partial charge in [0.05, 0.1) is 48.8 Å². The Hall–Kier alpha value is -0.760. The molecule has 3 saturated heterocycles. The van der Waals surface area contributed by atoms with Crippen LogP contribution in [0.5, 0.6) is 0 Å². The van der Waals surface area contributed by atoms with E-state index in [1.807, 2.05) is 0 Å². The minimum absolute atomic E-state index is 0.00455. The lowest BCUT2D eigenvalue weighted by molar-refractivity contribution is -0.377. The van der Waals surface area contributed by atoms with Gasteiger partial charge in [-0.15, -0.1) is 0 Å². The van der Waals surface area contributed by atoms with Crippen LogP contribution in [-0.4, -0.2) is 201 Å². The third-order valence-electron chi connectivity index (χ3n) is 19.9. The fourth-order valence-corrected chi connectivity index (χ4v) is 16.0. The molecule has 0 radical (unpaired) electrons. The lowest BCUT2D eigenvalue weighted by Crippen LogP contribution is -2.65. The zero-order valence-corrected chi connectivity index (χ0v) is 40.4. The molecule has 388 valence electrons. The second-order valence-electron chi connectivity index (χ2n) is 24.1. The molecule has 26 unspecified atom stereocenters. The summed E-state index contributed by atoms with van der Waals surface area (Å²) in [5, 5.41) is 141. The summed E-state index contributed by atoms with van der Waals surface area (Å²) in [6, 6.07) is 0. The Morgan fingerprint density at radius 2 is 1.19 bits per heavy atom. The fraction of sp³-hybridized carbons (Fsp3) is 1.00. The van der Waals surface area contributed by atoms with Crippen LogP contribution in [0.1, 0.15) is 120 Å². The molecule has 67 heavy (non-hydrogen) atoms. The highest BCUT2D eigenvalue weighted by Crippen LogP contribution is 2.89. The number of hydrogen-bond donors (Lipinski definition) is 13. The predicted octanol–water partition coefficient (Wildman–Crippen LogP) is -1.08. The maximum atomic E-state index is 12.4. The average Bonchev–Trinajstić information content (AvgIpc) is 3.87. The molecule has 2 spiro atoms. The van der Waals surface area contributed by atoms with Gasteiger partial charge in [-0.05, 0) is 131 Å². The molecule has 5 saturated carbocycles. The first-order chi connectivity index (χ1) is 31.1. The molecule has 8 rings (SSSR count). The van der Waals surface area contributed by atoms with Gasteiger partial charge in [-0.25, -0.2) is 0 Å². The summed E-state index contributed by atoms with van der Waals surface area (Å²) in [5.74, 6) is 0.00190. The van der Waals surface area contributed by atoms with Crippen LogP contribution in [-0.2, 0) is 28.4 Å². The van der Waals surface area contributed by atoms with Gasteiger partial charge in [0.1, 0.15) is 67.1 Å². The van der Waals surface area contributed by atoms with E-state index in [0.29, 0.717) is 12.8 Å². The van der Waals surface area contributed by atoms with E-state index >= 15 is 0 Å². The summed E-state index contributed by atoms with van der Waals surface area (Å²) in [4.78, 5) is 0. The van der Waals surface area contributed by atoms with Crippen LogP contribution in [0.3, 0.4) is 0 Å². The van der Waals surface area contributed by atoms with Crippen molar-refractivity contribution < 1.29 is 94.8 Å². The highest BCUT2D eigenvalue weighted by molar-refractivity contribution is 5.32. The standard InChI is InChI=1S/C48H82O19/c1-21-29(53)32(56)36(60)40(62-21)67-43(4,5)27(52)11-13-46(8,61)38-22(51)17-45(7)26-10-9-25-42(2,3)28(12-14-47(25)20-48(26,47)16-15-44(38,45)6)65-41-37(34(58)31(55)24(19-50)64-41)66-39-35(59)33(57)30(54)23(18-49)63-39/h21-41,49-61H,9-20H2,1-8H3. The van der Waals surface area contributed by atoms with E-state index in [1.165, 1.54) is 0 Å². The predicted molar refractivity (Wildman–Crippen MR) is 233 cm³/mol. The molecule has 8 fully saturated rings. The van der Waals surface area contributed by atoms with Gasteiger partial charge in [0.15, 0.2) is 18.9 Å². The van der Waals surface area contributed by atoms with Crippen LogP contribution in [0.2, 0.25) is 0 Å². The second kappa shape index (κ2) is 18.0. The Morgan fingerprint density at radius 3 is 1.84 bits per heavy atom. The van der Waals surface area contributed by atoms with Gasteiger partial charge in [0.25, 0.3) is 0 Å². The summed E-state index contributed by atoms with van der Waals surface area (Å²) in [6.45, 7) is 14.2. The molecule has 8 aliphatic rings. The minimum atomic E-state index is -1.78. The van der Waals surface area contributed by atoms with E-state index in [4.69, 9.17) is 28.4 Å². The molecule has 26 atom stereocenters. The van der Waals surface area contributed by atoms with Gasteiger partial charge < -0.3 is 94.8 Å². The Bertz CT molecular complexity index is 1750. The highest BCUT2D eigenvalue weighted by atomic mass is 16.8. The smallest absolute Gasteiger partial charge is 0.187 e. The molecule has 0 aromatic heterocycles. The molecule has 19 heteroatoms. The van der Waals surface area contributed by atoms with Crippen LogP contribution in [0.4, 0.5) is 0 Å². The van der Waals surface area contributed by atoms with E-state index in [-0.39, 0.29) is 40.9 Å². The normalized spacial score (nSPS) is 54.2. The minimum Gasteiger partial charge on any atom is -0.394 e. The third-order valence-corrected chi connectivity index (χ3v) is 19.9. The lowest BCUT2D eigenvalue weighted by Gasteiger charge is -2.64. The van der Waals surface area contributed by atoms with Gasteiger partial charge in [-0.1, -0.05) is 27.7 Å². The zero-order chi connectivity index (χ0) is 49.4. The highest BCUT2D eigenvalue weighted by Gasteiger charge is 2.83.